The van der Waals surface area contributed by atoms with E-state index in [0.29, 0.717) is 17.9 Å². The molecule has 2 N–H and O–H groups in total. The molecule has 0 heterocycles. The average molecular weight is 251 g/mol. The fourth-order valence-electron chi connectivity index (χ4n) is 1.72. The Bertz CT molecular complexity index is 377. The van der Waals surface area contributed by atoms with Crippen LogP contribution in [0.3, 0.4) is 0 Å². The molecule has 0 aliphatic carbocycles. The number of halogens is 1. The third-order valence-corrected chi connectivity index (χ3v) is 2.78. The first kappa shape index (κ1) is 14.7. The number of hydrogen-bond acceptors (Lipinski definition) is 2. The highest BCUT2D eigenvalue weighted by Gasteiger charge is 2.07. The number of benzene rings is 1. The lowest BCUT2D eigenvalue weighted by atomic mass is 10.1. The molecule has 0 saturated carbocycles. The van der Waals surface area contributed by atoms with Crippen molar-refractivity contribution in [1.82, 2.24) is 0 Å². The van der Waals surface area contributed by atoms with E-state index in [1.807, 2.05) is 6.08 Å². The van der Waals surface area contributed by atoms with Gasteiger partial charge in [-0.05, 0) is 38.7 Å². The monoisotopic (exact) mass is 251 g/mol. The lowest BCUT2D eigenvalue weighted by Crippen LogP contribution is -2.07. The molecule has 0 aliphatic heterocycles. The van der Waals surface area contributed by atoms with Crippen molar-refractivity contribution in [2.24, 2.45) is 5.73 Å². The Labute approximate surface area is 109 Å². The van der Waals surface area contributed by atoms with Crippen molar-refractivity contribution in [1.29, 1.82) is 0 Å². The van der Waals surface area contributed by atoms with Crippen LogP contribution in [0, 0.1) is 5.82 Å². The summed E-state index contributed by atoms with van der Waals surface area (Å²) in [5.41, 5.74) is 6.17. The van der Waals surface area contributed by atoms with Gasteiger partial charge >= 0.3 is 0 Å². The van der Waals surface area contributed by atoms with Gasteiger partial charge in [0.1, 0.15) is 11.6 Å². The van der Waals surface area contributed by atoms with Crippen LogP contribution in [0.2, 0.25) is 0 Å². The summed E-state index contributed by atoms with van der Waals surface area (Å²) in [6.07, 6.45) is 6.17. The molecule has 0 unspecified atom stereocenters. The number of ether oxygens (including phenoxy) is 1. The van der Waals surface area contributed by atoms with Crippen LogP contribution in [0.5, 0.6) is 5.75 Å². The lowest BCUT2D eigenvalue weighted by molar-refractivity contribution is 0.303. The topological polar surface area (TPSA) is 35.2 Å². The van der Waals surface area contributed by atoms with Crippen molar-refractivity contribution in [3.63, 3.8) is 0 Å². The van der Waals surface area contributed by atoms with E-state index in [2.05, 4.69) is 6.58 Å². The number of nitrogens with two attached hydrogens (primary N) is 1. The predicted octanol–water partition coefficient (Wildman–Crippen LogP) is 3.97. The van der Waals surface area contributed by atoms with Gasteiger partial charge in [-0.2, -0.15) is 0 Å². The van der Waals surface area contributed by atoms with Gasteiger partial charge in [0, 0.05) is 17.7 Å². The second kappa shape index (κ2) is 7.88. The fourth-order valence-corrected chi connectivity index (χ4v) is 1.72. The number of rotatable bonds is 8. The minimum atomic E-state index is -0.297. The molecule has 1 aromatic carbocycles. The average Bonchev–Trinajstić information content (AvgIpc) is 2.33. The zero-order chi connectivity index (χ0) is 13.4. The zero-order valence-corrected chi connectivity index (χ0v) is 11.0. The summed E-state index contributed by atoms with van der Waals surface area (Å²) in [7, 11) is 0. The molecule has 0 aliphatic rings. The molecule has 3 heteroatoms. The van der Waals surface area contributed by atoms with Crippen molar-refractivity contribution in [3.05, 3.63) is 42.2 Å². The molecule has 1 aromatic rings. The quantitative estimate of drug-likeness (QED) is 0.560. The molecular formula is C15H22FNO. The molecule has 100 valence electrons. The van der Waals surface area contributed by atoms with Crippen molar-refractivity contribution < 1.29 is 9.13 Å². The van der Waals surface area contributed by atoms with Crippen LogP contribution >= 0.6 is 0 Å². The van der Waals surface area contributed by atoms with E-state index < -0.39 is 0 Å². The summed E-state index contributed by atoms with van der Waals surface area (Å²) in [4.78, 5) is 0. The van der Waals surface area contributed by atoms with Crippen molar-refractivity contribution >= 4 is 0 Å². The summed E-state index contributed by atoms with van der Waals surface area (Å²) in [5.74, 6) is 0.273. The largest absolute Gasteiger partial charge is 0.493 e. The van der Waals surface area contributed by atoms with Gasteiger partial charge in [-0.25, -0.2) is 4.39 Å². The highest BCUT2D eigenvalue weighted by atomic mass is 19.1. The van der Waals surface area contributed by atoms with E-state index in [9.17, 15) is 4.39 Å². The maximum Gasteiger partial charge on any atom is 0.131 e. The highest BCUT2D eigenvalue weighted by Crippen LogP contribution is 2.20. The Kier molecular flexibility index (Phi) is 6.44. The molecule has 0 aromatic heterocycles. The van der Waals surface area contributed by atoms with Gasteiger partial charge in [-0.15, -0.1) is 6.58 Å². The molecule has 0 fully saturated rings. The molecule has 0 bridgehead atoms. The van der Waals surface area contributed by atoms with Crippen LogP contribution in [0.15, 0.2) is 30.9 Å². The molecule has 0 saturated heterocycles. The maximum absolute atomic E-state index is 13.6. The van der Waals surface area contributed by atoms with Gasteiger partial charge in [-0.1, -0.05) is 12.1 Å². The lowest BCUT2D eigenvalue weighted by Gasteiger charge is -2.10. The second-order valence-corrected chi connectivity index (χ2v) is 4.46. The Morgan fingerprint density at radius 3 is 2.78 bits per heavy atom. The van der Waals surface area contributed by atoms with E-state index in [1.165, 1.54) is 6.07 Å². The minimum Gasteiger partial charge on any atom is -0.493 e. The first-order valence-electron chi connectivity index (χ1n) is 6.44. The number of unbranched alkanes of at least 4 members (excludes halogenated alkanes) is 3. The molecular weight excluding hydrogens is 229 g/mol. The number of hydrogen-bond donors (Lipinski definition) is 1. The van der Waals surface area contributed by atoms with Gasteiger partial charge in [0.2, 0.25) is 0 Å². The van der Waals surface area contributed by atoms with Crippen molar-refractivity contribution in [3.8, 4) is 5.75 Å². The Hall–Kier alpha value is -1.35. The predicted molar refractivity (Wildman–Crippen MR) is 73.2 cm³/mol. The van der Waals surface area contributed by atoms with Crippen LogP contribution in [-0.2, 0) is 0 Å². The third-order valence-electron chi connectivity index (χ3n) is 2.78. The summed E-state index contributed by atoms with van der Waals surface area (Å²) in [6.45, 7) is 6.06. The molecule has 0 amide bonds. The van der Waals surface area contributed by atoms with Gasteiger partial charge in [-0.3, -0.25) is 0 Å². The summed E-state index contributed by atoms with van der Waals surface area (Å²) >= 11 is 0. The Morgan fingerprint density at radius 1 is 1.39 bits per heavy atom. The van der Waals surface area contributed by atoms with Gasteiger partial charge < -0.3 is 10.5 Å². The van der Waals surface area contributed by atoms with Crippen molar-refractivity contribution in [2.75, 3.05) is 6.61 Å². The van der Waals surface area contributed by atoms with E-state index in [4.69, 9.17) is 10.5 Å². The molecule has 1 atom stereocenters. The summed E-state index contributed by atoms with van der Waals surface area (Å²) in [6, 6.07) is 4.57. The summed E-state index contributed by atoms with van der Waals surface area (Å²) < 4.78 is 19.1. The SMILES string of the molecule is C=CCCCCCOc1ccc([C@@H](C)N)c(F)c1. The van der Waals surface area contributed by atoms with Crippen LogP contribution < -0.4 is 10.5 Å². The third kappa shape index (κ3) is 4.88. The van der Waals surface area contributed by atoms with Crippen LogP contribution in [-0.4, -0.2) is 6.61 Å². The Balaban J connectivity index is 2.35. The van der Waals surface area contributed by atoms with E-state index in [0.717, 1.165) is 25.7 Å². The molecule has 1 rings (SSSR count). The highest BCUT2D eigenvalue weighted by molar-refractivity contribution is 5.30. The minimum absolute atomic E-state index is 0.294. The maximum atomic E-state index is 13.6. The number of allylic oxidation sites excluding steroid dienone is 1. The molecule has 18 heavy (non-hydrogen) atoms. The normalized spacial score (nSPS) is 12.2. The first-order valence-corrected chi connectivity index (χ1v) is 6.44. The second-order valence-electron chi connectivity index (χ2n) is 4.46. The van der Waals surface area contributed by atoms with E-state index >= 15 is 0 Å². The summed E-state index contributed by atoms with van der Waals surface area (Å²) in [5, 5.41) is 0. The van der Waals surface area contributed by atoms with Crippen LogP contribution in [0.4, 0.5) is 4.39 Å². The van der Waals surface area contributed by atoms with E-state index in [-0.39, 0.29) is 11.9 Å². The first-order chi connectivity index (χ1) is 8.65. The molecule has 0 radical (unpaired) electrons. The zero-order valence-electron chi connectivity index (χ0n) is 11.0. The van der Waals surface area contributed by atoms with Crippen molar-refractivity contribution in [2.45, 2.75) is 38.6 Å². The standard InChI is InChI=1S/C15H22FNO/c1-3-4-5-6-7-10-18-13-8-9-14(12(2)17)15(16)11-13/h3,8-9,11-12H,1,4-7,10,17H2,2H3/t12-/m1/s1. The Morgan fingerprint density at radius 2 is 2.17 bits per heavy atom. The van der Waals surface area contributed by atoms with Gasteiger partial charge in [0.05, 0.1) is 6.61 Å². The van der Waals surface area contributed by atoms with Crippen LogP contribution in [0.1, 0.15) is 44.2 Å². The smallest absolute Gasteiger partial charge is 0.131 e. The fraction of sp³-hybridized carbons (Fsp3) is 0.467. The van der Waals surface area contributed by atoms with Gasteiger partial charge in [0.25, 0.3) is 0 Å². The molecule has 0 spiro atoms. The van der Waals surface area contributed by atoms with E-state index in [1.54, 1.807) is 19.1 Å². The van der Waals surface area contributed by atoms with Crippen LogP contribution in [0.25, 0.3) is 0 Å². The van der Waals surface area contributed by atoms with Gasteiger partial charge in [0.15, 0.2) is 0 Å². The molecule has 2 nitrogen and oxygen atoms in total.